The Morgan fingerprint density at radius 3 is 2.14 bits per heavy atom. The van der Waals surface area contributed by atoms with Crippen LogP contribution in [0.1, 0.15) is 45.7 Å². The predicted molar refractivity (Wildman–Crippen MR) is 77.3 cm³/mol. The highest BCUT2D eigenvalue weighted by Crippen LogP contribution is 2.59. The monoisotopic (exact) mass is 311 g/mol. The molecule has 0 heterocycles. The van der Waals surface area contributed by atoms with E-state index >= 15 is 0 Å². The molecule has 1 aromatic rings. The van der Waals surface area contributed by atoms with Gasteiger partial charge in [0, 0.05) is 10.8 Å². The molecular formula is C17H20F3NO. The molecule has 0 radical (unpaired) electrons. The zero-order valence-electron chi connectivity index (χ0n) is 13.4. The van der Waals surface area contributed by atoms with Crippen LogP contribution in [0.3, 0.4) is 0 Å². The van der Waals surface area contributed by atoms with Crippen LogP contribution in [0, 0.1) is 28.1 Å². The van der Waals surface area contributed by atoms with E-state index in [1.807, 2.05) is 0 Å². The Morgan fingerprint density at radius 2 is 1.68 bits per heavy atom. The first kappa shape index (κ1) is 16.7. The number of nitrogens with zero attached hydrogens (tertiary/aromatic N) is 1. The van der Waals surface area contributed by atoms with Crippen LogP contribution >= 0.6 is 0 Å². The topological polar surface area (TPSA) is 33.0 Å². The van der Waals surface area contributed by atoms with E-state index < -0.39 is 11.7 Å². The predicted octanol–water partition coefficient (Wildman–Crippen LogP) is 5.03. The minimum Gasteiger partial charge on any atom is -0.489 e. The van der Waals surface area contributed by atoms with Gasteiger partial charge in [-0.3, -0.25) is 0 Å². The maximum absolute atomic E-state index is 13.0. The third kappa shape index (κ3) is 2.45. The first-order valence-electron chi connectivity index (χ1n) is 7.20. The summed E-state index contributed by atoms with van der Waals surface area (Å²) in [5.41, 5.74) is -1.57. The number of ether oxygens (including phenoxy) is 1. The maximum Gasteiger partial charge on any atom is 0.417 e. The second-order valence-corrected chi connectivity index (χ2v) is 7.18. The Morgan fingerprint density at radius 1 is 1.14 bits per heavy atom. The van der Waals surface area contributed by atoms with Crippen LogP contribution in [-0.2, 0) is 6.18 Å². The van der Waals surface area contributed by atoms with E-state index in [1.165, 1.54) is 12.1 Å². The van der Waals surface area contributed by atoms with Crippen molar-refractivity contribution in [2.24, 2.45) is 16.7 Å². The van der Waals surface area contributed by atoms with Gasteiger partial charge in [-0.15, -0.1) is 0 Å². The van der Waals surface area contributed by atoms with Crippen LogP contribution < -0.4 is 4.74 Å². The van der Waals surface area contributed by atoms with Gasteiger partial charge in [0.05, 0.1) is 17.2 Å². The quantitative estimate of drug-likeness (QED) is 0.767. The first-order valence-corrected chi connectivity index (χ1v) is 7.20. The lowest BCUT2D eigenvalue weighted by atomic mass is 9.46. The zero-order valence-corrected chi connectivity index (χ0v) is 13.4. The highest BCUT2D eigenvalue weighted by Gasteiger charge is 2.61. The van der Waals surface area contributed by atoms with Crippen molar-refractivity contribution in [3.05, 3.63) is 29.3 Å². The molecule has 0 N–H and O–H groups in total. The van der Waals surface area contributed by atoms with Crippen molar-refractivity contribution in [1.29, 1.82) is 5.26 Å². The fraction of sp³-hybridized carbons (Fsp3) is 0.588. The lowest BCUT2D eigenvalue weighted by Gasteiger charge is -2.62. The third-order valence-corrected chi connectivity index (χ3v) is 5.25. The lowest BCUT2D eigenvalue weighted by molar-refractivity contribution is -0.190. The molecule has 1 fully saturated rings. The molecule has 1 aromatic carbocycles. The molecule has 0 unspecified atom stereocenters. The summed E-state index contributed by atoms with van der Waals surface area (Å²) in [5.74, 6) is 0.551. The number of hydrogen-bond acceptors (Lipinski definition) is 2. The molecule has 120 valence electrons. The van der Waals surface area contributed by atoms with Gasteiger partial charge in [0.2, 0.25) is 0 Å². The summed E-state index contributed by atoms with van der Waals surface area (Å²) in [6.07, 6.45) is -4.74. The minimum atomic E-state index is -4.57. The van der Waals surface area contributed by atoms with E-state index in [0.29, 0.717) is 5.92 Å². The second-order valence-electron chi connectivity index (χ2n) is 7.18. The van der Waals surface area contributed by atoms with E-state index in [9.17, 15) is 13.2 Å². The molecule has 0 saturated heterocycles. The van der Waals surface area contributed by atoms with Gasteiger partial charge in [0.15, 0.2) is 0 Å². The van der Waals surface area contributed by atoms with Crippen molar-refractivity contribution >= 4 is 0 Å². The zero-order chi connectivity index (χ0) is 16.9. The highest BCUT2D eigenvalue weighted by molar-refractivity contribution is 5.44. The number of nitriles is 1. The van der Waals surface area contributed by atoms with Gasteiger partial charge in [-0.1, -0.05) is 34.6 Å². The van der Waals surface area contributed by atoms with Crippen molar-refractivity contribution < 1.29 is 17.9 Å². The number of alkyl halides is 3. The third-order valence-electron chi connectivity index (χ3n) is 5.25. The van der Waals surface area contributed by atoms with Gasteiger partial charge in [0.1, 0.15) is 11.9 Å². The van der Waals surface area contributed by atoms with Crippen LogP contribution in [0.25, 0.3) is 0 Å². The molecule has 0 bridgehead atoms. The number of benzene rings is 1. The summed E-state index contributed by atoms with van der Waals surface area (Å²) < 4.78 is 44.9. The average Bonchev–Trinajstić information content (AvgIpc) is 2.42. The molecule has 0 spiro atoms. The molecule has 1 aliphatic rings. The Bertz CT molecular complexity index is 610. The smallest absolute Gasteiger partial charge is 0.417 e. The summed E-state index contributed by atoms with van der Waals surface area (Å²) >= 11 is 0. The molecule has 2 nitrogen and oxygen atoms in total. The van der Waals surface area contributed by atoms with Crippen LogP contribution in [-0.4, -0.2) is 6.10 Å². The van der Waals surface area contributed by atoms with Crippen LogP contribution in [0.15, 0.2) is 18.2 Å². The molecule has 0 atom stereocenters. The van der Waals surface area contributed by atoms with E-state index in [2.05, 4.69) is 34.6 Å². The van der Waals surface area contributed by atoms with E-state index in [1.54, 1.807) is 6.07 Å². The van der Waals surface area contributed by atoms with Gasteiger partial charge in [-0.2, -0.15) is 18.4 Å². The Hall–Kier alpha value is -1.70. The molecule has 22 heavy (non-hydrogen) atoms. The Kier molecular flexibility index (Phi) is 3.72. The number of hydrogen-bond donors (Lipinski definition) is 0. The molecule has 5 heteroatoms. The fourth-order valence-corrected chi connectivity index (χ4v) is 3.64. The summed E-state index contributed by atoms with van der Waals surface area (Å²) in [6.45, 7) is 10.4. The summed E-state index contributed by atoms with van der Waals surface area (Å²) in [7, 11) is 0. The van der Waals surface area contributed by atoms with E-state index in [-0.39, 0.29) is 28.2 Å². The van der Waals surface area contributed by atoms with Gasteiger partial charge >= 0.3 is 6.18 Å². The van der Waals surface area contributed by atoms with Gasteiger partial charge in [0.25, 0.3) is 0 Å². The second kappa shape index (κ2) is 4.91. The molecule has 1 saturated carbocycles. The Labute approximate surface area is 128 Å². The molecule has 1 aliphatic carbocycles. The highest BCUT2D eigenvalue weighted by atomic mass is 19.4. The molecule has 0 amide bonds. The van der Waals surface area contributed by atoms with Gasteiger partial charge in [-0.25, -0.2) is 0 Å². The van der Waals surface area contributed by atoms with Gasteiger partial charge < -0.3 is 4.74 Å². The Balaban J connectivity index is 2.34. The standard InChI is InChI=1S/C17H20F3NO/c1-10-15(2,3)14(16(10,4)5)22-12-7-6-11(9-21)13(8-12)17(18,19)20/h6-8,10,14H,1-5H3. The molecular weight excluding hydrogens is 291 g/mol. The van der Waals surface area contributed by atoms with E-state index in [0.717, 1.165) is 6.07 Å². The summed E-state index contributed by atoms with van der Waals surface area (Å²) in [4.78, 5) is 0. The lowest BCUT2D eigenvalue weighted by Crippen LogP contribution is -2.64. The average molecular weight is 311 g/mol. The van der Waals surface area contributed by atoms with Gasteiger partial charge in [-0.05, 0) is 24.1 Å². The summed E-state index contributed by atoms with van der Waals surface area (Å²) in [6, 6.07) is 5.10. The fourth-order valence-electron chi connectivity index (χ4n) is 3.64. The van der Waals surface area contributed by atoms with Crippen LogP contribution in [0.2, 0.25) is 0 Å². The SMILES string of the molecule is CC1C(C)(C)C(Oc2ccc(C#N)c(C(F)(F)F)c2)C1(C)C. The molecule has 0 aliphatic heterocycles. The van der Waals surface area contributed by atoms with Crippen molar-refractivity contribution in [3.8, 4) is 11.8 Å². The van der Waals surface area contributed by atoms with Crippen LogP contribution in [0.4, 0.5) is 13.2 Å². The summed E-state index contributed by atoms with van der Waals surface area (Å²) in [5, 5.41) is 8.82. The van der Waals surface area contributed by atoms with Crippen molar-refractivity contribution in [1.82, 2.24) is 0 Å². The maximum atomic E-state index is 13.0. The normalized spacial score (nSPS) is 26.0. The minimum absolute atomic E-state index is 0.115. The number of halogens is 3. The van der Waals surface area contributed by atoms with Crippen molar-refractivity contribution in [3.63, 3.8) is 0 Å². The van der Waals surface area contributed by atoms with E-state index in [4.69, 9.17) is 10.00 Å². The van der Waals surface area contributed by atoms with Crippen molar-refractivity contribution in [2.45, 2.75) is 46.9 Å². The van der Waals surface area contributed by atoms with Crippen molar-refractivity contribution in [2.75, 3.05) is 0 Å². The molecule has 2 rings (SSSR count). The largest absolute Gasteiger partial charge is 0.489 e. The first-order chi connectivity index (χ1) is 9.92. The van der Waals surface area contributed by atoms with Crippen LogP contribution in [0.5, 0.6) is 5.75 Å². The molecule has 0 aromatic heterocycles. The number of rotatable bonds is 2.